The van der Waals surface area contributed by atoms with E-state index in [9.17, 15) is 0 Å². The van der Waals surface area contributed by atoms with Crippen LogP contribution in [0, 0.1) is 0 Å². The zero-order chi connectivity index (χ0) is 34.4. The third-order valence-electron chi connectivity index (χ3n) is 9.50. The molecule has 7 aromatic carbocycles. The molecular weight excluding hydrogens is 639 g/mol. The van der Waals surface area contributed by atoms with Crippen molar-refractivity contribution in [2.45, 2.75) is 0 Å². The molecule has 0 aliphatic heterocycles. The standard InChI is InChI=1S/C46H29N5O/c1-4-15-30(16-5-1)42-35(45-49-43(31-17-6-2-7-18-31)48-44(50-45)32-19-8-3-9-20-32)22-14-25-40(42)51-38-24-12-10-21-34(38)36-29-33(27-28-39(36)51)46-47-37-23-11-13-26-41(37)52-46/h1-29H. The van der Waals surface area contributed by atoms with Gasteiger partial charge in [0.25, 0.3) is 0 Å². The van der Waals surface area contributed by atoms with Crippen molar-refractivity contribution in [2.24, 2.45) is 0 Å². The molecule has 6 heteroatoms. The molecule has 0 saturated carbocycles. The number of para-hydroxylation sites is 3. The highest BCUT2D eigenvalue weighted by atomic mass is 16.3. The number of hydrogen-bond acceptors (Lipinski definition) is 5. The molecule has 0 bridgehead atoms. The lowest BCUT2D eigenvalue weighted by Gasteiger charge is -2.18. The van der Waals surface area contributed by atoms with E-state index in [0.29, 0.717) is 23.4 Å². The molecule has 0 fully saturated rings. The lowest BCUT2D eigenvalue weighted by Crippen LogP contribution is -2.03. The lowest BCUT2D eigenvalue weighted by atomic mass is 9.96. The van der Waals surface area contributed by atoms with E-state index in [0.717, 1.165) is 72.0 Å². The van der Waals surface area contributed by atoms with Crippen LogP contribution in [0.3, 0.4) is 0 Å². The van der Waals surface area contributed by atoms with E-state index in [2.05, 4.69) is 89.5 Å². The average Bonchev–Trinajstić information content (AvgIpc) is 3.81. The Bertz CT molecular complexity index is 2810. The number of oxazole rings is 1. The van der Waals surface area contributed by atoms with E-state index >= 15 is 0 Å². The van der Waals surface area contributed by atoms with Crippen LogP contribution in [0.15, 0.2) is 180 Å². The van der Waals surface area contributed by atoms with E-state index in [1.54, 1.807) is 0 Å². The van der Waals surface area contributed by atoms with E-state index in [4.69, 9.17) is 24.4 Å². The Morgan fingerprint density at radius 2 is 1.00 bits per heavy atom. The summed E-state index contributed by atoms with van der Waals surface area (Å²) in [6.45, 7) is 0. The highest BCUT2D eigenvalue weighted by molar-refractivity contribution is 6.11. The lowest BCUT2D eigenvalue weighted by molar-refractivity contribution is 0.620. The van der Waals surface area contributed by atoms with Gasteiger partial charge in [-0.25, -0.2) is 19.9 Å². The number of aromatic nitrogens is 5. The predicted octanol–water partition coefficient (Wildman–Crippen LogP) is 11.4. The minimum Gasteiger partial charge on any atom is -0.436 e. The number of nitrogens with zero attached hydrogens (tertiary/aromatic N) is 5. The summed E-state index contributed by atoms with van der Waals surface area (Å²) < 4.78 is 8.55. The van der Waals surface area contributed by atoms with Crippen molar-refractivity contribution in [1.82, 2.24) is 24.5 Å². The van der Waals surface area contributed by atoms with Gasteiger partial charge in [-0.1, -0.05) is 133 Å². The Hall–Kier alpha value is -7.18. The molecule has 0 unspecified atom stereocenters. The largest absolute Gasteiger partial charge is 0.436 e. The van der Waals surface area contributed by atoms with Gasteiger partial charge in [0.1, 0.15) is 5.52 Å². The summed E-state index contributed by atoms with van der Waals surface area (Å²) in [7, 11) is 0. The first-order valence-electron chi connectivity index (χ1n) is 17.2. The van der Waals surface area contributed by atoms with Gasteiger partial charge >= 0.3 is 0 Å². The Kier molecular flexibility index (Phi) is 7.03. The first-order valence-corrected chi connectivity index (χ1v) is 17.2. The molecule has 0 atom stereocenters. The summed E-state index contributed by atoms with van der Waals surface area (Å²) in [4.78, 5) is 20.1. The summed E-state index contributed by atoms with van der Waals surface area (Å²) >= 11 is 0. The zero-order valence-corrected chi connectivity index (χ0v) is 27.9. The van der Waals surface area contributed by atoms with Crippen LogP contribution in [0.5, 0.6) is 0 Å². The van der Waals surface area contributed by atoms with E-state index in [1.165, 1.54) is 0 Å². The van der Waals surface area contributed by atoms with Crippen molar-refractivity contribution >= 4 is 32.9 Å². The molecular formula is C46H29N5O. The number of hydrogen-bond donors (Lipinski definition) is 0. The molecule has 52 heavy (non-hydrogen) atoms. The maximum absolute atomic E-state index is 6.19. The summed E-state index contributed by atoms with van der Waals surface area (Å²) in [6, 6.07) is 60.0. The molecule has 0 aliphatic rings. The normalized spacial score (nSPS) is 11.5. The van der Waals surface area contributed by atoms with Crippen molar-refractivity contribution in [3.63, 3.8) is 0 Å². The fourth-order valence-electron chi connectivity index (χ4n) is 7.11. The van der Waals surface area contributed by atoms with Gasteiger partial charge in [-0.15, -0.1) is 0 Å². The van der Waals surface area contributed by atoms with Crippen molar-refractivity contribution in [3.05, 3.63) is 176 Å². The van der Waals surface area contributed by atoms with Gasteiger partial charge in [0, 0.05) is 38.6 Å². The fourth-order valence-corrected chi connectivity index (χ4v) is 7.11. The number of rotatable bonds is 6. The van der Waals surface area contributed by atoms with Gasteiger partial charge in [0.15, 0.2) is 23.1 Å². The molecule has 3 aromatic heterocycles. The van der Waals surface area contributed by atoms with E-state index in [-0.39, 0.29) is 0 Å². The molecule has 0 radical (unpaired) electrons. The average molecular weight is 668 g/mol. The Morgan fingerprint density at radius 1 is 0.404 bits per heavy atom. The van der Waals surface area contributed by atoms with Crippen LogP contribution in [0.2, 0.25) is 0 Å². The molecule has 0 N–H and O–H groups in total. The minimum absolute atomic E-state index is 0.602. The Balaban J connectivity index is 1.24. The molecule has 10 aromatic rings. The highest BCUT2D eigenvalue weighted by Crippen LogP contribution is 2.42. The van der Waals surface area contributed by atoms with Crippen LogP contribution in [0.25, 0.3) is 95.3 Å². The van der Waals surface area contributed by atoms with E-state index in [1.807, 2.05) is 91.0 Å². The molecule has 10 rings (SSSR count). The number of fused-ring (bicyclic) bond motifs is 4. The van der Waals surface area contributed by atoms with Crippen LogP contribution in [-0.4, -0.2) is 24.5 Å². The Labute approximate surface area is 299 Å². The SMILES string of the molecule is c1ccc(-c2nc(-c3ccccc3)nc(-c3cccc(-n4c5ccccc5c5cc(-c6nc7ccccc7o6)ccc54)c3-c3ccccc3)n2)cc1. The first-order chi connectivity index (χ1) is 25.8. The quantitative estimate of drug-likeness (QED) is 0.176. The van der Waals surface area contributed by atoms with Gasteiger partial charge < -0.3 is 8.98 Å². The zero-order valence-electron chi connectivity index (χ0n) is 27.9. The monoisotopic (exact) mass is 667 g/mol. The first kappa shape index (κ1) is 29.7. The molecule has 244 valence electrons. The summed E-state index contributed by atoms with van der Waals surface area (Å²) in [5, 5.41) is 2.25. The molecule has 0 spiro atoms. The van der Waals surface area contributed by atoms with Crippen LogP contribution in [0.4, 0.5) is 0 Å². The Morgan fingerprint density at radius 3 is 1.71 bits per heavy atom. The molecule has 6 nitrogen and oxygen atoms in total. The second-order valence-electron chi connectivity index (χ2n) is 12.7. The van der Waals surface area contributed by atoms with Gasteiger partial charge in [-0.05, 0) is 48.0 Å². The van der Waals surface area contributed by atoms with Crippen LogP contribution < -0.4 is 0 Å². The van der Waals surface area contributed by atoms with Crippen LogP contribution in [-0.2, 0) is 0 Å². The van der Waals surface area contributed by atoms with Gasteiger partial charge in [0.05, 0.1) is 16.7 Å². The van der Waals surface area contributed by atoms with Crippen LogP contribution >= 0.6 is 0 Å². The van der Waals surface area contributed by atoms with Crippen LogP contribution in [0.1, 0.15) is 0 Å². The second-order valence-corrected chi connectivity index (χ2v) is 12.7. The van der Waals surface area contributed by atoms with Gasteiger partial charge in [0.2, 0.25) is 5.89 Å². The molecule has 3 heterocycles. The third-order valence-corrected chi connectivity index (χ3v) is 9.50. The summed E-state index contributed by atoms with van der Waals surface area (Å²) in [6.07, 6.45) is 0. The molecule has 0 saturated heterocycles. The van der Waals surface area contributed by atoms with E-state index < -0.39 is 0 Å². The summed E-state index contributed by atoms with van der Waals surface area (Å²) in [5.74, 6) is 2.45. The predicted molar refractivity (Wildman–Crippen MR) is 209 cm³/mol. The second kappa shape index (κ2) is 12.3. The van der Waals surface area contributed by atoms with Crippen molar-refractivity contribution < 1.29 is 4.42 Å². The number of benzene rings is 7. The molecule has 0 amide bonds. The fraction of sp³-hybridized carbons (Fsp3) is 0. The minimum atomic E-state index is 0.602. The topological polar surface area (TPSA) is 69.6 Å². The van der Waals surface area contributed by atoms with Gasteiger partial charge in [-0.3, -0.25) is 0 Å². The maximum atomic E-state index is 6.19. The molecule has 0 aliphatic carbocycles. The smallest absolute Gasteiger partial charge is 0.227 e. The van der Waals surface area contributed by atoms with Crippen molar-refractivity contribution in [3.8, 4) is 62.4 Å². The van der Waals surface area contributed by atoms with Crippen molar-refractivity contribution in [1.29, 1.82) is 0 Å². The third kappa shape index (κ3) is 5.05. The maximum Gasteiger partial charge on any atom is 0.227 e. The highest BCUT2D eigenvalue weighted by Gasteiger charge is 2.22. The van der Waals surface area contributed by atoms with Gasteiger partial charge in [-0.2, -0.15) is 0 Å². The van der Waals surface area contributed by atoms with Crippen molar-refractivity contribution in [2.75, 3.05) is 0 Å². The summed E-state index contributed by atoms with van der Waals surface area (Å²) in [5.41, 5.74) is 10.6.